The van der Waals surface area contributed by atoms with Crippen molar-refractivity contribution in [3.63, 3.8) is 0 Å². The van der Waals surface area contributed by atoms with Gasteiger partial charge < -0.3 is 10.4 Å². The van der Waals surface area contributed by atoms with E-state index in [9.17, 15) is 5.11 Å². The van der Waals surface area contributed by atoms with Crippen LogP contribution >= 0.6 is 11.8 Å². The Labute approximate surface area is 120 Å². The Balaban J connectivity index is 1.83. The SMILES string of the molecule is CC(C)(C)C1CCC2=C(C=C3C=C(CO)SC3N2)C1. The van der Waals surface area contributed by atoms with Crippen molar-refractivity contribution in [3.05, 3.63) is 33.9 Å². The number of allylic oxidation sites excluding steroid dienone is 3. The average Bonchev–Trinajstić information content (AvgIpc) is 2.75. The molecule has 2 nitrogen and oxygen atoms in total. The van der Waals surface area contributed by atoms with E-state index in [-0.39, 0.29) is 6.61 Å². The summed E-state index contributed by atoms with van der Waals surface area (Å²) >= 11 is 1.75. The zero-order valence-corrected chi connectivity index (χ0v) is 12.8. The van der Waals surface area contributed by atoms with E-state index in [1.807, 2.05) is 0 Å². The summed E-state index contributed by atoms with van der Waals surface area (Å²) in [6.07, 6.45) is 8.16. The summed E-state index contributed by atoms with van der Waals surface area (Å²) in [5, 5.41) is 13.3. The minimum atomic E-state index is 0.162. The van der Waals surface area contributed by atoms with E-state index < -0.39 is 0 Å². The summed E-state index contributed by atoms with van der Waals surface area (Å²) in [5.41, 5.74) is 4.66. The fourth-order valence-corrected chi connectivity index (χ4v) is 4.26. The maximum Gasteiger partial charge on any atom is 0.102 e. The molecule has 0 saturated heterocycles. The number of aliphatic hydroxyl groups excluding tert-OH is 1. The number of hydrogen-bond donors (Lipinski definition) is 2. The van der Waals surface area contributed by atoms with Gasteiger partial charge in [-0.25, -0.2) is 0 Å². The normalized spacial score (nSPS) is 30.3. The first-order valence-electron chi connectivity index (χ1n) is 7.15. The van der Waals surface area contributed by atoms with Gasteiger partial charge in [-0.2, -0.15) is 0 Å². The van der Waals surface area contributed by atoms with Crippen molar-refractivity contribution in [1.82, 2.24) is 5.32 Å². The van der Waals surface area contributed by atoms with Gasteiger partial charge in [0.2, 0.25) is 0 Å². The second-order valence-corrected chi connectivity index (χ2v) is 8.10. The molecule has 0 amide bonds. The van der Waals surface area contributed by atoms with Crippen LogP contribution in [0.25, 0.3) is 0 Å². The summed E-state index contributed by atoms with van der Waals surface area (Å²) < 4.78 is 0. The van der Waals surface area contributed by atoms with Crippen LogP contribution in [0.15, 0.2) is 33.9 Å². The summed E-state index contributed by atoms with van der Waals surface area (Å²) in [6.45, 7) is 7.22. The van der Waals surface area contributed by atoms with E-state index in [4.69, 9.17) is 0 Å². The molecule has 0 fully saturated rings. The fourth-order valence-electron chi connectivity index (χ4n) is 3.21. The molecule has 0 saturated carbocycles. The lowest BCUT2D eigenvalue weighted by atomic mass is 9.71. The van der Waals surface area contributed by atoms with Gasteiger partial charge in [-0.1, -0.05) is 38.6 Å². The van der Waals surface area contributed by atoms with E-state index in [0.717, 1.165) is 10.8 Å². The van der Waals surface area contributed by atoms with E-state index in [1.54, 1.807) is 11.8 Å². The number of dihydropyridines is 1. The van der Waals surface area contributed by atoms with Gasteiger partial charge in [-0.15, -0.1) is 0 Å². The van der Waals surface area contributed by atoms with Crippen LogP contribution < -0.4 is 5.32 Å². The highest BCUT2D eigenvalue weighted by atomic mass is 32.2. The van der Waals surface area contributed by atoms with Crippen LogP contribution in [-0.2, 0) is 0 Å². The van der Waals surface area contributed by atoms with E-state index >= 15 is 0 Å². The Hall–Kier alpha value is -0.670. The lowest BCUT2D eigenvalue weighted by molar-refractivity contribution is 0.214. The molecule has 104 valence electrons. The molecule has 0 aromatic rings. The zero-order valence-electron chi connectivity index (χ0n) is 12.0. The van der Waals surface area contributed by atoms with Gasteiger partial charge in [0, 0.05) is 10.6 Å². The third kappa shape index (κ3) is 2.50. The Kier molecular flexibility index (Phi) is 3.30. The first kappa shape index (κ1) is 13.3. The monoisotopic (exact) mass is 277 g/mol. The van der Waals surface area contributed by atoms with E-state index in [1.165, 1.54) is 36.1 Å². The molecule has 3 rings (SSSR count). The van der Waals surface area contributed by atoms with Crippen molar-refractivity contribution in [2.24, 2.45) is 11.3 Å². The van der Waals surface area contributed by atoms with Gasteiger partial charge in [-0.3, -0.25) is 0 Å². The minimum absolute atomic E-state index is 0.162. The van der Waals surface area contributed by atoms with E-state index in [0.29, 0.717) is 10.8 Å². The van der Waals surface area contributed by atoms with Crippen molar-refractivity contribution in [3.8, 4) is 0 Å². The van der Waals surface area contributed by atoms with Crippen molar-refractivity contribution in [2.75, 3.05) is 6.61 Å². The Morgan fingerprint density at radius 1 is 1.37 bits per heavy atom. The first-order chi connectivity index (χ1) is 8.97. The summed E-state index contributed by atoms with van der Waals surface area (Å²) in [5.74, 6) is 0.775. The van der Waals surface area contributed by atoms with Crippen LogP contribution in [0.1, 0.15) is 40.0 Å². The van der Waals surface area contributed by atoms with Crippen LogP contribution in [0.3, 0.4) is 0 Å². The second kappa shape index (κ2) is 4.71. The first-order valence-corrected chi connectivity index (χ1v) is 8.03. The number of nitrogens with one attached hydrogen (secondary N) is 1. The second-order valence-electron chi connectivity index (χ2n) is 6.86. The topological polar surface area (TPSA) is 32.3 Å². The molecule has 3 aliphatic rings. The highest BCUT2D eigenvalue weighted by molar-refractivity contribution is 8.04. The highest BCUT2D eigenvalue weighted by Gasteiger charge is 2.34. The van der Waals surface area contributed by atoms with Crippen molar-refractivity contribution >= 4 is 11.8 Å². The number of hydrogen-bond acceptors (Lipinski definition) is 3. The van der Waals surface area contributed by atoms with Crippen LogP contribution in [0, 0.1) is 11.3 Å². The lowest BCUT2D eigenvalue weighted by Gasteiger charge is -2.38. The molecule has 0 bridgehead atoms. The molecule has 2 heterocycles. The molecule has 0 aromatic carbocycles. The molecule has 0 spiro atoms. The molecule has 2 N–H and O–H groups in total. The minimum Gasteiger partial charge on any atom is -0.391 e. The van der Waals surface area contributed by atoms with E-state index in [2.05, 4.69) is 38.2 Å². The van der Waals surface area contributed by atoms with Crippen molar-refractivity contribution in [2.45, 2.75) is 45.4 Å². The van der Waals surface area contributed by atoms with Gasteiger partial charge in [0.25, 0.3) is 0 Å². The number of rotatable bonds is 1. The largest absolute Gasteiger partial charge is 0.391 e. The van der Waals surface area contributed by atoms with Gasteiger partial charge in [0.1, 0.15) is 5.37 Å². The molecule has 2 unspecified atom stereocenters. The van der Waals surface area contributed by atoms with Crippen molar-refractivity contribution in [1.29, 1.82) is 0 Å². The summed E-state index contributed by atoms with van der Waals surface area (Å²) in [6, 6.07) is 0. The highest BCUT2D eigenvalue weighted by Crippen LogP contribution is 2.45. The molecule has 19 heavy (non-hydrogen) atoms. The predicted molar refractivity (Wildman–Crippen MR) is 81.6 cm³/mol. The Morgan fingerprint density at radius 2 is 2.16 bits per heavy atom. The maximum absolute atomic E-state index is 9.26. The molecular weight excluding hydrogens is 254 g/mol. The summed E-state index contributed by atoms with van der Waals surface area (Å²) in [7, 11) is 0. The van der Waals surface area contributed by atoms with Gasteiger partial charge in [-0.05, 0) is 47.8 Å². The maximum atomic E-state index is 9.26. The number of aliphatic hydroxyl groups is 1. The molecular formula is C16H23NOS. The van der Waals surface area contributed by atoms with Gasteiger partial charge >= 0.3 is 0 Å². The Bertz CT molecular complexity index is 481. The number of fused-ring (bicyclic) bond motifs is 1. The van der Waals surface area contributed by atoms with Crippen molar-refractivity contribution < 1.29 is 5.11 Å². The lowest BCUT2D eigenvalue weighted by Crippen LogP contribution is -2.34. The third-order valence-electron chi connectivity index (χ3n) is 4.52. The molecule has 0 aromatic heterocycles. The van der Waals surface area contributed by atoms with Gasteiger partial charge in [0.15, 0.2) is 0 Å². The quantitative estimate of drug-likeness (QED) is 0.768. The van der Waals surface area contributed by atoms with Crippen LogP contribution in [0.2, 0.25) is 0 Å². The summed E-state index contributed by atoms with van der Waals surface area (Å²) in [4.78, 5) is 1.08. The van der Waals surface area contributed by atoms with Crippen LogP contribution in [0.5, 0.6) is 0 Å². The molecule has 1 aliphatic carbocycles. The van der Waals surface area contributed by atoms with Gasteiger partial charge in [0.05, 0.1) is 6.61 Å². The Morgan fingerprint density at radius 3 is 2.84 bits per heavy atom. The van der Waals surface area contributed by atoms with Crippen LogP contribution in [-0.4, -0.2) is 17.1 Å². The molecule has 2 aliphatic heterocycles. The van der Waals surface area contributed by atoms with Crippen LogP contribution in [0.4, 0.5) is 0 Å². The fraction of sp³-hybridized carbons (Fsp3) is 0.625. The standard InChI is InChI=1S/C16H23NOS/c1-16(2,3)12-4-5-14-10(7-12)6-11-8-13(9-18)19-15(11)17-14/h6,8,12,15,17-18H,4-5,7,9H2,1-3H3. The zero-order chi connectivity index (χ0) is 13.6. The smallest absolute Gasteiger partial charge is 0.102 e. The third-order valence-corrected chi connectivity index (χ3v) is 5.70. The molecule has 2 atom stereocenters. The molecule has 3 heteroatoms. The predicted octanol–water partition coefficient (Wildman–Crippen LogP) is 3.57. The average molecular weight is 277 g/mol. The number of thioether (sulfide) groups is 1. The molecule has 0 radical (unpaired) electrons.